The first-order chi connectivity index (χ1) is 18.0. The van der Waals surface area contributed by atoms with E-state index in [1.165, 1.54) is 49.7 Å². The highest BCUT2D eigenvalue weighted by atomic mass is 32.1. The third kappa shape index (κ3) is 5.67. The molecule has 3 saturated carbocycles. The van der Waals surface area contributed by atoms with Gasteiger partial charge < -0.3 is 15.8 Å². The summed E-state index contributed by atoms with van der Waals surface area (Å²) in [6.45, 7) is 6.30. The van der Waals surface area contributed by atoms with Crippen LogP contribution in [0.15, 0.2) is 60.7 Å². The van der Waals surface area contributed by atoms with Crippen molar-refractivity contribution in [1.82, 2.24) is 5.32 Å². The molecule has 3 aliphatic carbocycles. The standard InChI is InChI=1S/C33H46N2OS/c1-3-32(31(37)35-29-16-14-25(21-34)15-17-29)19-27-20-33(23-32,28-12-8-5-9-13-28)18-24(2)30(27)36-22-26-10-6-4-7-11-26/h4-13,24-25,27,29-30H,3,14-23,34H2,1-2H3,(H,35,37)/t24?,25-,27?,29-,30?,32?,33?. The Labute approximate surface area is 229 Å². The molecule has 200 valence electrons. The highest BCUT2D eigenvalue weighted by Gasteiger charge is 2.56. The van der Waals surface area contributed by atoms with Crippen LogP contribution in [0, 0.1) is 23.2 Å². The molecule has 0 heterocycles. The van der Waals surface area contributed by atoms with E-state index in [4.69, 9.17) is 22.7 Å². The molecule has 4 heteroatoms. The van der Waals surface area contributed by atoms with Crippen LogP contribution in [-0.4, -0.2) is 23.7 Å². The summed E-state index contributed by atoms with van der Waals surface area (Å²) in [6.07, 6.45) is 10.8. The Hall–Kier alpha value is -1.75. The van der Waals surface area contributed by atoms with Crippen molar-refractivity contribution in [1.29, 1.82) is 0 Å². The highest BCUT2D eigenvalue weighted by molar-refractivity contribution is 7.80. The van der Waals surface area contributed by atoms with E-state index < -0.39 is 0 Å². The number of rotatable bonds is 8. The lowest BCUT2D eigenvalue weighted by Crippen LogP contribution is -2.57. The number of benzene rings is 2. The molecule has 0 saturated heterocycles. The fourth-order valence-electron chi connectivity index (χ4n) is 8.13. The quantitative estimate of drug-likeness (QED) is 0.363. The van der Waals surface area contributed by atoms with Crippen molar-refractivity contribution in [2.45, 2.75) is 95.8 Å². The first kappa shape index (κ1) is 26.8. The highest BCUT2D eigenvalue weighted by Crippen LogP contribution is 2.60. The predicted molar refractivity (Wildman–Crippen MR) is 158 cm³/mol. The van der Waals surface area contributed by atoms with Gasteiger partial charge in [0.1, 0.15) is 0 Å². The van der Waals surface area contributed by atoms with Crippen LogP contribution >= 0.6 is 12.2 Å². The molecule has 2 bridgehead atoms. The van der Waals surface area contributed by atoms with Gasteiger partial charge in [-0.25, -0.2) is 0 Å². The summed E-state index contributed by atoms with van der Waals surface area (Å²) in [5.41, 5.74) is 8.90. The van der Waals surface area contributed by atoms with Gasteiger partial charge in [-0.2, -0.15) is 0 Å². The molecular formula is C33H46N2OS. The number of ether oxygens (including phenoxy) is 1. The van der Waals surface area contributed by atoms with Gasteiger partial charge in [-0.1, -0.05) is 86.7 Å². The maximum atomic E-state index is 6.76. The molecule has 0 amide bonds. The summed E-state index contributed by atoms with van der Waals surface area (Å²) in [7, 11) is 0. The molecule has 3 N–H and O–H groups in total. The Morgan fingerprint density at radius 3 is 2.30 bits per heavy atom. The molecule has 0 spiro atoms. The van der Waals surface area contributed by atoms with Crippen molar-refractivity contribution in [2.75, 3.05) is 6.54 Å². The number of thiocarbonyl (C=S) groups is 1. The third-order valence-corrected chi connectivity index (χ3v) is 10.6. The Bertz CT molecular complexity index is 1020. The van der Waals surface area contributed by atoms with Crippen LogP contribution in [0.5, 0.6) is 0 Å². The Morgan fingerprint density at radius 1 is 0.973 bits per heavy atom. The molecule has 0 aliphatic heterocycles. The van der Waals surface area contributed by atoms with E-state index in [0.717, 1.165) is 30.8 Å². The number of fused-ring (bicyclic) bond motifs is 2. The molecule has 2 aromatic rings. The van der Waals surface area contributed by atoms with E-state index in [0.29, 0.717) is 30.4 Å². The Kier molecular flexibility index (Phi) is 8.38. The smallest absolute Gasteiger partial charge is 0.0818 e. The lowest BCUT2D eigenvalue weighted by molar-refractivity contribution is -0.105. The fourth-order valence-corrected chi connectivity index (χ4v) is 8.60. The van der Waals surface area contributed by atoms with Crippen LogP contribution < -0.4 is 11.1 Å². The van der Waals surface area contributed by atoms with Crippen molar-refractivity contribution in [2.24, 2.45) is 28.9 Å². The molecular weight excluding hydrogens is 472 g/mol. The third-order valence-electron chi connectivity index (χ3n) is 10.1. The first-order valence-corrected chi connectivity index (χ1v) is 15.1. The normalized spacial score (nSPS) is 35.6. The molecule has 0 aromatic heterocycles. The summed E-state index contributed by atoms with van der Waals surface area (Å²) < 4.78 is 6.76. The zero-order valence-electron chi connectivity index (χ0n) is 22.8. The topological polar surface area (TPSA) is 47.3 Å². The van der Waals surface area contributed by atoms with Crippen molar-refractivity contribution >= 4 is 17.2 Å². The van der Waals surface area contributed by atoms with E-state index >= 15 is 0 Å². The minimum atomic E-state index is 0.0211. The summed E-state index contributed by atoms with van der Waals surface area (Å²) >= 11 is 6.33. The molecule has 37 heavy (non-hydrogen) atoms. The van der Waals surface area contributed by atoms with Gasteiger partial charge in [0.05, 0.1) is 17.7 Å². The lowest BCUT2D eigenvalue weighted by Gasteiger charge is -2.58. The lowest BCUT2D eigenvalue weighted by atomic mass is 9.48. The zero-order chi connectivity index (χ0) is 25.9. The summed E-state index contributed by atoms with van der Waals surface area (Å²) in [6, 6.07) is 22.5. The van der Waals surface area contributed by atoms with Crippen LogP contribution in [-0.2, 0) is 16.8 Å². The maximum Gasteiger partial charge on any atom is 0.0818 e. The SMILES string of the molecule is CCC1(C(=S)N[C@H]2CC[C@H](CN)CC2)CC2CC(c3ccccc3)(CC(C)C2OCc2ccccc2)C1. The van der Waals surface area contributed by atoms with Gasteiger partial charge in [0.15, 0.2) is 0 Å². The van der Waals surface area contributed by atoms with Gasteiger partial charge >= 0.3 is 0 Å². The molecule has 5 rings (SSSR count). The maximum absolute atomic E-state index is 6.76. The summed E-state index contributed by atoms with van der Waals surface area (Å²) in [4.78, 5) is 1.12. The first-order valence-electron chi connectivity index (χ1n) is 14.7. The van der Waals surface area contributed by atoms with E-state index in [1.807, 2.05) is 0 Å². The molecule has 3 nitrogen and oxygen atoms in total. The van der Waals surface area contributed by atoms with Crippen LogP contribution in [0.25, 0.3) is 0 Å². The zero-order valence-corrected chi connectivity index (χ0v) is 23.6. The molecule has 0 radical (unpaired) electrons. The average Bonchev–Trinajstić information content (AvgIpc) is 2.94. The second-order valence-electron chi connectivity index (χ2n) is 12.5. The molecule has 5 unspecified atom stereocenters. The monoisotopic (exact) mass is 518 g/mol. The van der Waals surface area contributed by atoms with Gasteiger partial charge in [-0.05, 0) is 98.6 Å². The average molecular weight is 519 g/mol. The van der Waals surface area contributed by atoms with E-state index in [9.17, 15) is 0 Å². The van der Waals surface area contributed by atoms with Crippen molar-refractivity contribution < 1.29 is 4.74 Å². The van der Waals surface area contributed by atoms with Gasteiger partial charge in [-0.15, -0.1) is 0 Å². The van der Waals surface area contributed by atoms with Crippen LogP contribution in [0.4, 0.5) is 0 Å². The molecule has 2 aromatic carbocycles. The predicted octanol–water partition coefficient (Wildman–Crippen LogP) is 7.18. The Morgan fingerprint density at radius 2 is 1.65 bits per heavy atom. The van der Waals surface area contributed by atoms with Crippen molar-refractivity contribution in [3.63, 3.8) is 0 Å². The molecule has 3 fully saturated rings. The minimum Gasteiger partial charge on any atom is -0.376 e. The van der Waals surface area contributed by atoms with Gasteiger partial charge in [0.2, 0.25) is 0 Å². The van der Waals surface area contributed by atoms with Gasteiger partial charge in [-0.3, -0.25) is 0 Å². The largest absolute Gasteiger partial charge is 0.376 e. The number of nitrogens with two attached hydrogens (primary N) is 1. The minimum absolute atomic E-state index is 0.0211. The number of hydrogen-bond donors (Lipinski definition) is 2. The van der Waals surface area contributed by atoms with E-state index in [2.05, 4.69) is 79.8 Å². The van der Waals surface area contributed by atoms with Crippen LogP contribution in [0.3, 0.4) is 0 Å². The van der Waals surface area contributed by atoms with Gasteiger partial charge in [0, 0.05) is 11.5 Å². The molecule has 5 atom stereocenters. The summed E-state index contributed by atoms with van der Waals surface area (Å²) in [5.74, 6) is 1.71. The fraction of sp³-hybridized carbons (Fsp3) is 0.606. The number of nitrogens with one attached hydrogen (secondary N) is 1. The summed E-state index contributed by atoms with van der Waals surface area (Å²) in [5, 5.41) is 3.92. The van der Waals surface area contributed by atoms with Crippen molar-refractivity contribution in [3.8, 4) is 0 Å². The van der Waals surface area contributed by atoms with E-state index in [1.54, 1.807) is 0 Å². The number of hydrogen-bond acceptors (Lipinski definition) is 3. The van der Waals surface area contributed by atoms with Crippen molar-refractivity contribution in [3.05, 3.63) is 71.8 Å². The van der Waals surface area contributed by atoms with Crippen LogP contribution in [0.2, 0.25) is 0 Å². The second-order valence-corrected chi connectivity index (χ2v) is 12.9. The van der Waals surface area contributed by atoms with Gasteiger partial charge in [0.25, 0.3) is 0 Å². The van der Waals surface area contributed by atoms with Crippen LogP contribution in [0.1, 0.15) is 82.8 Å². The second kappa shape index (κ2) is 11.6. The van der Waals surface area contributed by atoms with E-state index in [-0.39, 0.29) is 16.9 Å². The molecule has 3 aliphatic rings. The Balaban J connectivity index is 1.40.